The molecule has 1 heterocycles. The van der Waals surface area contributed by atoms with Crippen LogP contribution in [0.15, 0.2) is 24.3 Å². The van der Waals surface area contributed by atoms with E-state index < -0.39 is 0 Å². The van der Waals surface area contributed by atoms with E-state index in [-0.39, 0.29) is 12.1 Å². The number of carbonyl (C=O) groups is 1. The molecule has 1 saturated heterocycles. The lowest BCUT2D eigenvalue weighted by Crippen LogP contribution is -2.41. The highest BCUT2D eigenvalue weighted by Gasteiger charge is 2.21. The first-order valence-electron chi connectivity index (χ1n) is 8.75. The van der Waals surface area contributed by atoms with Crippen LogP contribution in [-0.4, -0.2) is 50.3 Å². The van der Waals surface area contributed by atoms with Crippen LogP contribution in [0.3, 0.4) is 0 Å². The van der Waals surface area contributed by atoms with Crippen molar-refractivity contribution < 1.29 is 9.53 Å². The van der Waals surface area contributed by atoms with Crippen LogP contribution >= 0.6 is 0 Å². The Balaban J connectivity index is 1.38. The number of fused-ring (bicyclic) bond motifs is 1. The maximum absolute atomic E-state index is 12.1. The number of hydrogen-bond acceptors (Lipinski definition) is 3. The van der Waals surface area contributed by atoms with Crippen LogP contribution in [-0.2, 0) is 11.2 Å². The summed E-state index contributed by atoms with van der Waals surface area (Å²) in [6.07, 6.45) is 4.27. The molecule has 0 spiro atoms. The number of carbonyl (C=O) groups excluding carboxylic acids is 1. The van der Waals surface area contributed by atoms with Crippen LogP contribution in [0.25, 0.3) is 0 Å². The van der Waals surface area contributed by atoms with E-state index in [2.05, 4.69) is 39.8 Å². The second-order valence-electron chi connectivity index (χ2n) is 6.35. The summed E-state index contributed by atoms with van der Waals surface area (Å²) >= 11 is 0. The van der Waals surface area contributed by atoms with Crippen LogP contribution in [0.2, 0.25) is 0 Å². The molecule has 0 saturated carbocycles. The minimum Gasteiger partial charge on any atom is -0.379 e. The number of amides is 2. The van der Waals surface area contributed by atoms with E-state index in [9.17, 15) is 4.79 Å². The van der Waals surface area contributed by atoms with Gasteiger partial charge in [-0.3, -0.25) is 4.90 Å². The normalized spacial score (nSPS) is 21.5. The molecule has 1 fully saturated rings. The number of hydrogen-bond donors (Lipinski definition) is 2. The van der Waals surface area contributed by atoms with Crippen molar-refractivity contribution in [1.29, 1.82) is 0 Å². The molecule has 5 heteroatoms. The van der Waals surface area contributed by atoms with Crippen molar-refractivity contribution in [3.63, 3.8) is 0 Å². The SMILES string of the molecule is O=C(NCCCN1CCOCC1)NC1CCCc2ccccc21. The standard InChI is InChI=1S/C18H27N3O2/c22-18(19-9-4-10-21-11-13-23-14-12-21)20-17-8-3-6-15-5-1-2-7-16(15)17/h1-2,5,7,17H,3-4,6,8-14H2,(H2,19,20,22). The highest BCUT2D eigenvalue weighted by atomic mass is 16.5. The summed E-state index contributed by atoms with van der Waals surface area (Å²) in [7, 11) is 0. The van der Waals surface area contributed by atoms with Crippen molar-refractivity contribution in [3.05, 3.63) is 35.4 Å². The minimum absolute atomic E-state index is 0.0475. The number of rotatable bonds is 5. The van der Waals surface area contributed by atoms with Crippen LogP contribution in [0.1, 0.15) is 36.4 Å². The summed E-state index contributed by atoms with van der Waals surface area (Å²) in [4.78, 5) is 14.5. The van der Waals surface area contributed by atoms with Crippen LogP contribution < -0.4 is 10.6 Å². The Morgan fingerprint density at radius 3 is 2.96 bits per heavy atom. The molecule has 1 aliphatic heterocycles. The lowest BCUT2D eigenvalue weighted by molar-refractivity contribution is 0.0375. The Morgan fingerprint density at radius 1 is 1.26 bits per heavy atom. The second-order valence-corrected chi connectivity index (χ2v) is 6.35. The molecule has 1 aromatic rings. The van der Waals surface area contributed by atoms with Crippen LogP contribution in [0.4, 0.5) is 4.79 Å². The highest BCUT2D eigenvalue weighted by molar-refractivity contribution is 5.74. The number of morpholine rings is 1. The molecule has 5 nitrogen and oxygen atoms in total. The lowest BCUT2D eigenvalue weighted by Gasteiger charge is -2.27. The van der Waals surface area contributed by atoms with Gasteiger partial charge in [-0.15, -0.1) is 0 Å². The van der Waals surface area contributed by atoms with E-state index >= 15 is 0 Å². The molecule has 1 atom stereocenters. The van der Waals surface area contributed by atoms with Gasteiger partial charge in [0, 0.05) is 19.6 Å². The third-order valence-electron chi connectivity index (χ3n) is 4.72. The summed E-state index contributed by atoms with van der Waals surface area (Å²) < 4.78 is 5.34. The molecule has 2 N–H and O–H groups in total. The molecule has 1 aromatic carbocycles. The lowest BCUT2D eigenvalue weighted by atomic mass is 9.88. The summed E-state index contributed by atoms with van der Waals surface area (Å²) in [5, 5.41) is 6.12. The van der Waals surface area contributed by atoms with Gasteiger partial charge in [0.15, 0.2) is 0 Å². The molecular weight excluding hydrogens is 290 g/mol. The second kappa shape index (κ2) is 8.31. The largest absolute Gasteiger partial charge is 0.379 e. The Hall–Kier alpha value is -1.59. The van der Waals surface area contributed by atoms with Crippen molar-refractivity contribution in [1.82, 2.24) is 15.5 Å². The maximum atomic E-state index is 12.1. The van der Waals surface area contributed by atoms with Gasteiger partial charge < -0.3 is 15.4 Å². The Bertz CT molecular complexity index is 515. The van der Waals surface area contributed by atoms with Gasteiger partial charge in [-0.1, -0.05) is 24.3 Å². The molecule has 0 radical (unpaired) electrons. The third-order valence-corrected chi connectivity index (χ3v) is 4.72. The first-order valence-corrected chi connectivity index (χ1v) is 8.75. The Labute approximate surface area is 138 Å². The number of ether oxygens (including phenoxy) is 1. The zero-order chi connectivity index (χ0) is 15.9. The number of nitrogens with one attached hydrogen (secondary N) is 2. The molecule has 3 rings (SSSR count). The molecular formula is C18H27N3O2. The number of benzene rings is 1. The van der Waals surface area contributed by atoms with Crippen molar-refractivity contribution in [2.45, 2.75) is 31.7 Å². The van der Waals surface area contributed by atoms with E-state index in [0.717, 1.165) is 65.1 Å². The molecule has 126 valence electrons. The predicted molar refractivity (Wildman–Crippen MR) is 90.5 cm³/mol. The molecule has 0 bridgehead atoms. The van der Waals surface area contributed by atoms with Gasteiger partial charge in [0.2, 0.25) is 0 Å². The summed E-state index contributed by atoms with van der Waals surface area (Å²) in [6.45, 7) is 5.41. The van der Waals surface area contributed by atoms with Crippen molar-refractivity contribution in [2.75, 3.05) is 39.4 Å². The molecule has 23 heavy (non-hydrogen) atoms. The number of aryl methyl sites for hydroxylation is 1. The van der Waals surface area contributed by atoms with Gasteiger partial charge >= 0.3 is 6.03 Å². The van der Waals surface area contributed by atoms with Gasteiger partial charge in [-0.2, -0.15) is 0 Å². The van der Waals surface area contributed by atoms with Crippen molar-refractivity contribution >= 4 is 6.03 Å². The molecule has 1 unspecified atom stereocenters. The summed E-state index contributed by atoms with van der Waals surface area (Å²) in [5.41, 5.74) is 2.65. The van der Waals surface area contributed by atoms with Crippen molar-refractivity contribution in [2.24, 2.45) is 0 Å². The Kier molecular flexibility index (Phi) is 5.88. The maximum Gasteiger partial charge on any atom is 0.315 e. The van der Waals surface area contributed by atoms with E-state index in [1.165, 1.54) is 11.1 Å². The average Bonchev–Trinajstić information content (AvgIpc) is 2.60. The summed E-state index contributed by atoms with van der Waals surface area (Å²) in [6, 6.07) is 8.54. The minimum atomic E-state index is -0.0475. The topological polar surface area (TPSA) is 53.6 Å². The van der Waals surface area contributed by atoms with Gasteiger partial charge in [0.1, 0.15) is 0 Å². The van der Waals surface area contributed by atoms with Gasteiger partial charge in [0.25, 0.3) is 0 Å². The molecule has 2 amide bonds. The molecule has 1 aliphatic carbocycles. The molecule has 0 aromatic heterocycles. The van der Waals surface area contributed by atoms with Crippen LogP contribution in [0, 0.1) is 0 Å². The Morgan fingerprint density at radius 2 is 2.09 bits per heavy atom. The smallest absolute Gasteiger partial charge is 0.315 e. The van der Waals surface area contributed by atoms with Gasteiger partial charge in [-0.05, 0) is 43.4 Å². The fraction of sp³-hybridized carbons (Fsp3) is 0.611. The van der Waals surface area contributed by atoms with Crippen LogP contribution in [0.5, 0.6) is 0 Å². The quantitative estimate of drug-likeness (QED) is 0.818. The number of urea groups is 1. The fourth-order valence-corrected chi connectivity index (χ4v) is 3.44. The predicted octanol–water partition coefficient (Wildman–Crippen LogP) is 2.09. The van der Waals surface area contributed by atoms with E-state index in [0.29, 0.717) is 0 Å². The first-order chi connectivity index (χ1) is 11.3. The van der Waals surface area contributed by atoms with Gasteiger partial charge in [-0.25, -0.2) is 4.79 Å². The van der Waals surface area contributed by atoms with E-state index in [4.69, 9.17) is 4.74 Å². The molecule has 2 aliphatic rings. The summed E-state index contributed by atoms with van der Waals surface area (Å²) in [5.74, 6) is 0. The number of nitrogens with zero attached hydrogens (tertiary/aromatic N) is 1. The zero-order valence-electron chi connectivity index (χ0n) is 13.7. The van der Waals surface area contributed by atoms with Gasteiger partial charge in [0.05, 0.1) is 19.3 Å². The fourth-order valence-electron chi connectivity index (χ4n) is 3.44. The van der Waals surface area contributed by atoms with E-state index in [1.807, 2.05) is 0 Å². The zero-order valence-corrected chi connectivity index (χ0v) is 13.7. The average molecular weight is 317 g/mol. The van der Waals surface area contributed by atoms with Crippen molar-refractivity contribution in [3.8, 4) is 0 Å². The monoisotopic (exact) mass is 317 g/mol. The van der Waals surface area contributed by atoms with E-state index in [1.54, 1.807) is 0 Å². The highest BCUT2D eigenvalue weighted by Crippen LogP contribution is 2.29. The third kappa shape index (κ3) is 4.69. The first kappa shape index (κ1) is 16.3.